The number of ether oxygens (including phenoxy) is 1. The number of aliphatic hydroxyl groups is 1. The quantitative estimate of drug-likeness (QED) is 0.388. The Balaban J connectivity index is 1.46. The molecule has 2 amide bonds. The number of benzene rings is 2. The normalized spacial score (nSPS) is 19.0. The molecule has 0 aliphatic heterocycles. The molecule has 1 atom stereocenters. The second-order valence-corrected chi connectivity index (χ2v) is 11.7. The Kier molecular flexibility index (Phi) is 10.3. The van der Waals surface area contributed by atoms with Crippen LogP contribution in [0.15, 0.2) is 60.7 Å². The van der Waals surface area contributed by atoms with Gasteiger partial charge in [0.25, 0.3) is 0 Å². The molecule has 0 aromatic heterocycles. The molecule has 1 aliphatic carbocycles. The molecule has 7 nitrogen and oxygen atoms in total. The molecule has 2 aromatic carbocycles. The molecule has 0 unspecified atom stereocenters. The fraction of sp³-hybridized carbons (Fsp3) is 0.548. The van der Waals surface area contributed by atoms with E-state index in [9.17, 15) is 14.7 Å². The molecule has 0 bridgehead atoms. The summed E-state index contributed by atoms with van der Waals surface area (Å²) in [5.41, 5.74) is -0.356. The van der Waals surface area contributed by atoms with Crippen LogP contribution in [0.5, 0.6) is 0 Å². The molecule has 0 spiro atoms. The average molecular weight is 524 g/mol. The van der Waals surface area contributed by atoms with Crippen molar-refractivity contribution in [3.8, 4) is 0 Å². The summed E-state index contributed by atoms with van der Waals surface area (Å²) >= 11 is 0. The molecule has 2 aromatic rings. The molecule has 0 heterocycles. The van der Waals surface area contributed by atoms with Gasteiger partial charge in [-0.2, -0.15) is 0 Å². The first kappa shape index (κ1) is 29.7. The molecule has 208 valence electrons. The van der Waals surface area contributed by atoms with Gasteiger partial charge in [0.1, 0.15) is 11.2 Å². The van der Waals surface area contributed by atoms with Crippen molar-refractivity contribution in [2.75, 3.05) is 20.1 Å². The van der Waals surface area contributed by atoms with Crippen LogP contribution in [0.4, 0.5) is 4.79 Å². The maximum Gasteiger partial charge on any atom is 0.320 e. The number of rotatable bonds is 10. The third-order valence-electron chi connectivity index (χ3n) is 7.32. The van der Waals surface area contributed by atoms with Crippen LogP contribution in [-0.2, 0) is 15.1 Å². The van der Waals surface area contributed by atoms with Crippen molar-refractivity contribution in [1.82, 2.24) is 15.5 Å². The first-order chi connectivity index (χ1) is 18.0. The zero-order valence-electron chi connectivity index (χ0n) is 23.6. The zero-order chi connectivity index (χ0) is 27.8. The second kappa shape index (κ2) is 13.3. The lowest BCUT2D eigenvalue weighted by atomic mass is 9.81. The van der Waals surface area contributed by atoms with Crippen LogP contribution in [0.25, 0.3) is 0 Å². The van der Waals surface area contributed by atoms with Crippen LogP contribution < -0.4 is 10.6 Å². The smallest absolute Gasteiger partial charge is 0.320 e. The van der Waals surface area contributed by atoms with Gasteiger partial charge in [-0.05, 0) is 90.4 Å². The maximum absolute atomic E-state index is 12.9. The largest absolute Gasteiger partial charge is 0.459 e. The van der Waals surface area contributed by atoms with Crippen LogP contribution >= 0.6 is 0 Å². The molecule has 0 radical (unpaired) electrons. The monoisotopic (exact) mass is 523 g/mol. The number of esters is 1. The molecule has 38 heavy (non-hydrogen) atoms. The summed E-state index contributed by atoms with van der Waals surface area (Å²) in [7, 11) is 1.95. The summed E-state index contributed by atoms with van der Waals surface area (Å²) in [5.74, 6) is 0.386. The Morgan fingerprint density at radius 3 is 2.00 bits per heavy atom. The number of nitrogens with one attached hydrogen (secondary N) is 2. The molecule has 3 rings (SSSR count). The Labute approximate surface area is 228 Å². The standard InChI is InChI=1S/C31H45N3O4/c1-23(31(37,25-12-8-6-9-13-25)26-14-10-7-11-15-26)32-29(36)33-27-18-16-24(17-19-27)20-21-34(5)22-28(35)38-30(2,3)4/h6-15,23-24,27,37H,16-22H2,1-5H3,(H2,32,33,36)/t23-,24-,27-/m1/s1. The maximum atomic E-state index is 12.9. The van der Waals surface area contributed by atoms with E-state index in [1.54, 1.807) is 0 Å². The Hall–Kier alpha value is -2.90. The van der Waals surface area contributed by atoms with E-state index in [2.05, 4.69) is 10.6 Å². The van der Waals surface area contributed by atoms with Crippen LogP contribution in [0, 0.1) is 5.92 Å². The van der Waals surface area contributed by atoms with Gasteiger partial charge in [-0.25, -0.2) is 4.79 Å². The molecule has 1 saturated carbocycles. The highest BCUT2D eigenvalue weighted by Crippen LogP contribution is 2.33. The van der Waals surface area contributed by atoms with Crippen molar-refractivity contribution >= 4 is 12.0 Å². The van der Waals surface area contributed by atoms with Gasteiger partial charge in [0.15, 0.2) is 0 Å². The first-order valence-corrected chi connectivity index (χ1v) is 13.8. The number of amides is 2. The van der Waals surface area contributed by atoms with Crippen molar-refractivity contribution in [1.29, 1.82) is 0 Å². The second-order valence-electron chi connectivity index (χ2n) is 11.7. The summed E-state index contributed by atoms with van der Waals surface area (Å²) in [5, 5.41) is 18.0. The number of urea groups is 1. The Bertz CT molecular complexity index is 975. The first-order valence-electron chi connectivity index (χ1n) is 13.8. The number of carbonyl (C=O) groups is 2. The molecule has 3 N–H and O–H groups in total. The van der Waals surface area contributed by atoms with Gasteiger partial charge < -0.3 is 20.5 Å². The lowest BCUT2D eigenvalue weighted by Crippen LogP contribution is -2.54. The number of nitrogens with zero attached hydrogens (tertiary/aromatic N) is 1. The van der Waals surface area contributed by atoms with Gasteiger partial charge in [-0.3, -0.25) is 9.69 Å². The summed E-state index contributed by atoms with van der Waals surface area (Å²) in [4.78, 5) is 27.0. The minimum absolute atomic E-state index is 0.111. The number of hydrogen-bond acceptors (Lipinski definition) is 5. The van der Waals surface area contributed by atoms with Gasteiger partial charge >= 0.3 is 12.0 Å². The summed E-state index contributed by atoms with van der Waals surface area (Å²) in [6, 6.07) is 18.2. The van der Waals surface area contributed by atoms with E-state index in [1.165, 1.54) is 0 Å². The van der Waals surface area contributed by atoms with Crippen molar-refractivity contribution in [3.05, 3.63) is 71.8 Å². The van der Waals surface area contributed by atoms with Crippen LogP contribution in [-0.4, -0.2) is 59.8 Å². The van der Waals surface area contributed by atoms with Gasteiger partial charge in [-0.15, -0.1) is 0 Å². The van der Waals surface area contributed by atoms with E-state index >= 15 is 0 Å². The molecule has 0 saturated heterocycles. The third-order valence-corrected chi connectivity index (χ3v) is 7.32. The van der Waals surface area contributed by atoms with Crippen LogP contribution in [0.2, 0.25) is 0 Å². The van der Waals surface area contributed by atoms with Crippen molar-refractivity contribution < 1.29 is 19.4 Å². The van der Waals surface area contributed by atoms with Crippen LogP contribution in [0.1, 0.15) is 70.9 Å². The van der Waals surface area contributed by atoms with Gasteiger partial charge in [0.05, 0.1) is 12.6 Å². The van der Waals surface area contributed by atoms with E-state index in [1.807, 2.05) is 100 Å². The minimum Gasteiger partial charge on any atom is -0.459 e. The summed E-state index contributed by atoms with van der Waals surface area (Å²) in [6.07, 6.45) is 4.95. The Morgan fingerprint density at radius 1 is 0.974 bits per heavy atom. The SMILES string of the molecule is C[C@@H](NC(=O)N[C@H]1CC[C@H](CCN(C)CC(=O)OC(C)(C)C)CC1)C(O)(c1ccccc1)c1ccccc1. The van der Waals surface area contributed by atoms with Gasteiger partial charge in [-0.1, -0.05) is 60.7 Å². The van der Waals surface area contributed by atoms with Crippen molar-refractivity contribution in [2.45, 2.75) is 83.1 Å². The molecule has 1 aliphatic rings. The fourth-order valence-electron chi connectivity index (χ4n) is 5.25. The fourth-order valence-corrected chi connectivity index (χ4v) is 5.25. The van der Waals surface area contributed by atoms with E-state index in [0.717, 1.165) is 49.8 Å². The van der Waals surface area contributed by atoms with E-state index < -0.39 is 17.2 Å². The predicted octanol–water partition coefficient (Wildman–Crippen LogP) is 4.83. The lowest BCUT2D eigenvalue weighted by molar-refractivity contribution is -0.155. The lowest BCUT2D eigenvalue weighted by Gasteiger charge is -2.36. The molecule has 7 heteroatoms. The van der Waals surface area contributed by atoms with Crippen LogP contribution in [0.3, 0.4) is 0 Å². The number of likely N-dealkylation sites (N-methyl/N-ethyl adjacent to an activating group) is 1. The minimum atomic E-state index is -1.36. The van der Waals surface area contributed by atoms with Crippen molar-refractivity contribution in [2.24, 2.45) is 5.92 Å². The topological polar surface area (TPSA) is 90.9 Å². The number of carbonyl (C=O) groups excluding carboxylic acids is 2. The van der Waals surface area contributed by atoms with Gasteiger partial charge in [0.2, 0.25) is 0 Å². The molecular formula is C31H45N3O4. The average Bonchev–Trinajstić information content (AvgIpc) is 2.87. The highest BCUT2D eigenvalue weighted by atomic mass is 16.6. The Morgan fingerprint density at radius 2 is 1.50 bits per heavy atom. The highest BCUT2D eigenvalue weighted by molar-refractivity contribution is 5.75. The summed E-state index contributed by atoms with van der Waals surface area (Å²) in [6.45, 7) is 8.62. The highest BCUT2D eigenvalue weighted by Gasteiger charge is 2.38. The van der Waals surface area contributed by atoms with E-state index in [0.29, 0.717) is 12.5 Å². The molecule has 1 fully saturated rings. The van der Waals surface area contributed by atoms with Crippen molar-refractivity contribution in [3.63, 3.8) is 0 Å². The zero-order valence-corrected chi connectivity index (χ0v) is 23.6. The van der Waals surface area contributed by atoms with E-state index in [-0.39, 0.29) is 18.0 Å². The number of hydrogen-bond donors (Lipinski definition) is 3. The third kappa shape index (κ3) is 8.57. The predicted molar refractivity (Wildman–Crippen MR) is 151 cm³/mol. The van der Waals surface area contributed by atoms with E-state index in [4.69, 9.17) is 4.74 Å². The molecular weight excluding hydrogens is 478 g/mol. The van der Waals surface area contributed by atoms with Gasteiger partial charge in [0, 0.05) is 6.04 Å². The summed E-state index contributed by atoms with van der Waals surface area (Å²) < 4.78 is 5.41.